The highest BCUT2D eigenvalue weighted by molar-refractivity contribution is 7.99. The summed E-state index contributed by atoms with van der Waals surface area (Å²) in [6.07, 6.45) is 0. The van der Waals surface area contributed by atoms with E-state index in [0.29, 0.717) is 30.3 Å². The molecule has 0 aliphatic rings. The monoisotopic (exact) mass is 488 g/mol. The fourth-order valence-electron chi connectivity index (χ4n) is 3.78. The lowest BCUT2D eigenvalue weighted by atomic mass is 10.1. The first-order chi connectivity index (χ1) is 15.7. The first kappa shape index (κ1) is 25.3. The van der Waals surface area contributed by atoms with E-state index in [0.717, 1.165) is 11.1 Å². The third kappa shape index (κ3) is 5.26. The van der Waals surface area contributed by atoms with Crippen LogP contribution in [0.1, 0.15) is 39.3 Å². The highest BCUT2D eigenvalue weighted by Crippen LogP contribution is 2.28. The number of fused-ring (bicyclic) bond motifs is 1. The van der Waals surface area contributed by atoms with Gasteiger partial charge in [-0.1, -0.05) is 55.9 Å². The van der Waals surface area contributed by atoms with Gasteiger partial charge in [-0.2, -0.15) is 4.31 Å². The molecule has 33 heavy (non-hydrogen) atoms. The molecule has 0 spiro atoms. The number of aryl methyl sites for hydroxylation is 1. The third-order valence-corrected chi connectivity index (χ3v) is 8.93. The molecule has 1 atom stereocenters. The molecule has 3 rings (SSSR count). The summed E-state index contributed by atoms with van der Waals surface area (Å²) in [5, 5.41) is 0.707. The maximum atomic E-state index is 12.9. The van der Waals surface area contributed by atoms with Crippen LogP contribution in [-0.2, 0) is 21.4 Å². The van der Waals surface area contributed by atoms with E-state index < -0.39 is 10.0 Å². The van der Waals surface area contributed by atoms with Gasteiger partial charge < -0.3 is 9.47 Å². The number of hydrogen-bond donors (Lipinski definition) is 0. The van der Waals surface area contributed by atoms with Crippen molar-refractivity contribution in [2.24, 2.45) is 0 Å². The Hall–Kier alpha value is -2.36. The molecule has 0 saturated heterocycles. The van der Waals surface area contributed by atoms with Crippen LogP contribution in [-0.4, -0.2) is 59.0 Å². The molecule has 3 aromatic rings. The fourth-order valence-corrected chi connectivity index (χ4v) is 6.26. The van der Waals surface area contributed by atoms with Gasteiger partial charge in [-0.3, -0.25) is 4.79 Å². The zero-order chi connectivity index (χ0) is 24.2. The minimum Gasteiger partial charge on any atom is -0.338 e. The summed E-state index contributed by atoms with van der Waals surface area (Å²) >= 11 is 1.38. The summed E-state index contributed by atoms with van der Waals surface area (Å²) in [6, 6.07) is 15.0. The lowest BCUT2D eigenvalue weighted by Crippen LogP contribution is -2.31. The molecule has 2 aromatic carbocycles. The van der Waals surface area contributed by atoms with Crippen LogP contribution >= 0.6 is 11.8 Å². The third-order valence-electron chi connectivity index (χ3n) is 5.93. The molecular weight excluding hydrogens is 456 g/mol. The predicted octanol–water partition coefficient (Wildman–Crippen LogP) is 4.40. The number of hydrogen-bond acceptors (Lipinski definition) is 5. The van der Waals surface area contributed by atoms with E-state index in [-0.39, 0.29) is 22.6 Å². The van der Waals surface area contributed by atoms with Crippen molar-refractivity contribution in [1.29, 1.82) is 0 Å². The van der Waals surface area contributed by atoms with E-state index in [2.05, 4.69) is 4.98 Å². The molecule has 0 aliphatic heterocycles. The van der Waals surface area contributed by atoms with Crippen LogP contribution < -0.4 is 0 Å². The Labute approximate surface area is 200 Å². The number of amides is 1. The van der Waals surface area contributed by atoms with Gasteiger partial charge in [-0.15, -0.1) is 0 Å². The number of rotatable bonds is 10. The normalized spacial score (nSPS) is 12.9. The van der Waals surface area contributed by atoms with Gasteiger partial charge in [0, 0.05) is 26.7 Å². The molecule has 1 aromatic heterocycles. The van der Waals surface area contributed by atoms with Crippen LogP contribution in [0.25, 0.3) is 11.0 Å². The van der Waals surface area contributed by atoms with Gasteiger partial charge in [0.2, 0.25) is 15.9 Å². The Bertz CT molecular complexity index is 1210. The first-order valence-electron chi connectivity index (χ1n) is 11.2. The first-order valence-corrected chi connectivity index (χ1v) is 13.6. The summed E-state index contributed by atoms with van der Waals surface area (Å²) in [6.45, 7) is 9.18. The molecule has 1 heterocycles. The quantitative estimate of drug-likeness (QED) is 0.396. The molecule has 1 unspecified atom stereocenters. The Morgan fingerprint density at radius 1 is 1.09 bits per heavy atom. The smallest absolute Gasteiger partial charge is 0.243 e. The molecule has 0 bridgehead atoms. The highest BCUT2D eigenvalue weighted by Gasteiger charge is 2.24. The molecular formula is C24H32N4O3S2. The molecule has 0 radical (unpaired) electrons. The van der Waals surface area contributed by atoms with Gasteiger partial charge in [0.1, 0.15) is 0 Å². The van der Waals surface area contributed by atoms with Gasteiger partial charge in [-0.05, 0) is 37.6 Å². The van der Waals surface area contributed by atoms with Crippen LogP contribution in [0.2, 0.25) is 0 Å². The van der Waals surface area contributed by atoms with E-state index in [9.17, 15) is 13.2 Å². The van der Waals surface area contributed by atoms with E-state index >= 15 is 0 Å². The SMILES string of the molecule is CCN(CC)S(=O)(=O)c1ccc2c(c1)nc(SCC(=O)N(C)C(C)c1ccccc1)n2CC. The van der Waals surface area contributed by atoms with Crippen LogP contribution in [0.4, 0.5) is 0 Å². The Balaban J connectivity index is 1.81. The van der Waals surface area contributed by atoms with Gasteiger partial charge in [-0.25, -0.2) is 13.4 Å². The summed E-state index contributed by atoms with van der Waals surface area (Å²) in [7, 11) is -1.75. The standard InChI is InChI=1S/C24H32N4O3S2/c1-6-27(7-2)33(30,31)20-14-15-22-21(16-20)25-24(28(22)8-3)32-17-23(29)26(5)18(4)19-12-10-9-11-13-19/h9-16,18H,6-8,17H2,1-5H3. The number of benzene rings is 2. The Kier molecular flexibility index (Phi) is 8.20. The second-order valence-corrected chi connectivity index (χ2v) is 10.6. The van der Waals surface area contributed by atoms with Crippen molar-refractivity contribution in [2.75, 3.05) is 25.9 Å². The number of carbonyl (C=O) groups is 1. The number of aromatic nitrogens is 2. The van der Waals surface area contributed by atoms with Crippen molar-refractivity contribution in [1.82, 2.24) is 18.8 Å². The minimum atomic E-state index is -3.56. The summed E-state index contributed by atoms with van der Waals surface area (Å²) < 4.78 is 29.3. The highest BCUT2D eigenvalue weighted by atomic mass is 32.2. The maximum Gasteiger partial charge on any atom is 0.243 e. The summed E-state index contributed by atoms with van der Waals surface area (Å²) in [5.41, 5.74) is 2.56. The van der Waals surface area contributed by atoms with Crippen LogP contribution in [0.5, 0.6) is 0 Å². The molecule has 0 saturated carbocycles. The van der Waals surface area contributed by atoms with Gasteiger partial charge in [0.15, 0.2) is 5.16 Å². The molecule has 178 valence electrons. The van der Waals surface area contributed by atoms with Gasteiger partial charge >= 0.3 is 0 Å². The van der Waals surface area contributed by atoms with E-state index in [1.54, 1.807) is 23.1 Å². The van der Waals surface area contributed by atoms with Crippen LogP contribution in [0.15, 0.2) is 58.6 Å². The van der Waals surface area contributed by atoms with Crippen molar-refractivity contribution in [3.63, 3.8) is 0 Å². The summed E-state index contributed by atoms with van der Waals surface area (Å²) in [5.74, 6) is 0.262. The van der Waals surface area contributed by atoms with Crippen molar-refractivity contribution in [2.45, 2.75) is 50.3 Å². The molecule has 0 N–H and O–H groups in total. The number of imidazole rings is 1. The summed E-state index contributed by atoms with van der Waals surface area (Å²) in [4.78, 5) is 19.5. The number of thioether (sulfide) groups is 1. The van der Waals surface area contributed by atoms with Gasteiger partial charge in [0.05, 0.1) is 27.7 Å². The largest absolute Gasteiger partial charge is 0.338 e. The van der Waals surface area contributed by atoms with E-state index in [1.165, 1.54) is 16.1 Å². The van der Waals surface area contributed by atoms with Crippen molar-refractivity contribution in [3.05, 3.63) is 54.1 Å². The predicted molar refractivity (Wildman–Crippen MR) is 134 cm³/mol. The molecule has 0 fully saturated rings. The molecule has 1 amide bonds. The Morgan fingerprint density at radius 3 is 2.36 bits per heavy atom. The minimum absolute atomic E-state index is 0.0101. The molecule has 7 nitrogen and oxygen atoms in total. The van der Waals surface area contributed by atoms with Crippen LogP contribution in [0, 0.1) is 0 Å². The van der Waals surface area contributed by atoms with Crippen molar-refractivity contribution in [3.8, 4) is 0 Å². The second-order valence-electron chi connectivity index (χ2n) is 7.76. The molecule has 0 aliphatic carbocycles. The van der Waals surface area contributed by atoms with E-state index in [4.69, 9.17) is 0 Å². The zero-order valence-corrected chi connectivity index (χ0v) is 21.5. The fraction of sp³-hybridized carbons (Fsp3) is 0.417. The lowest BCUT2D eigenvalue weighted by molar-refractivity contribution is -0.128. The van der Waals surface area contributed by atoms with Crippen molar-refractivity contribution >= 4 is 38.7 Å². The number of carbonyl (C=O) groups excluding carboxylic acids is 1. The van der Waals surface area contributed by atoms with Crippen molar-refractivity contribution < 1.29 is 13.2 Å². The second kappa shape index (κ2) is 10.7. The number of nitrogens with zero attached hydrogens (tertiary/aromatic N) is 4. The van der Waals surface area contributed by atoms with E-state index in [1.807, 2.05) is 69.6 Å². The average molecular weight is 489 g/mol. The maximum absolute atomic E-state index is 12.9. The topological polar surface area (TPSA) is 75.5 Å². The lowest BCUT2D eigenvalue weighted by Gasteiger charge is -2.25. The van der Waals surface area contributed by atoms with Crippen LogP contribution in [0.3, 0.4) is 0 Å². The van der Waals surface area contributed by atoms with Gasteiger partial charge in [0.25, 0.3) is 0 Å². The molecule has 9 heteroatoms. The average Bonchev–Trinajstić information content (AvgIpc) is 3.19. The number of sulfonamides is 1. The Morgan fingerprint density at radius 2 is 1.76 bits per heavy atom. The zero-order valence-electron chi connectivity index (χ0n) is 19.9.